The molecular formula is C25H30N4O4. The lowest BCUT2D eigenvalue weighted by molar-refractivity contribution is -0.171. The molecule has 8 nitrogen and oxygen atoms in total. The number of fused-ring (bicyclic) bond motifs is 1. The van der Waals surface area contributed by atoms with Crippen molar-refractivity contribution in [3.8, 4) is 5.75 Å². The first kappa shape index (κ1) is 24.0. The number of benzene rings is 2. The lowest BCUT2D eigenvalue weighted by atomic mass is 10.1. The minimum absolute atomic E-state index is 0.354. The van der Waals surface area contributed by atoms with E-state index in [0.29, 0.717) is 5.75 Å². The number of carboxylic acid groups (broad SMARTS) is 1. The highest BCUT2D eigenvalue weighted by molar-refractivity contribution is 5.99. The van der Waals surface area contributed by atoms with E-state index in [0.717, 1.165) is 38.2 Å². The lowest BCUT2D eigenvalue weighted by Crippen LogP contribution is -2.62. The third-order valence-corrected chi connectivity index (χ3v) is 5.81. The normalized spacial score (nSPS) is 13.4. The van der Waals surface area contributed by atoms with Crippen LogP contribution in [0.4, 0.5) is 0 Å². The van der Waals surface area contributed by atoms with Gasteiger partial charge in [-0.05, 0) is 65.0 Å². The second-order valence-electron chi connectivity index (χ2n) is 8.47. The molecular weight excluding hydrogens is 420 g/mol. The molecule has 0 saturated heterocycles. The zero-order valence-corrected chi connectivity index (χ0v) is 19.8. The van der Waals surface area contributed by atoms with Gasteiger partial charge in [0.2, 0.25) is 5.66 Å². The molecule has 8 heteroatoms. The first-order valence-electron chi connectivity index (χ1n) is 10.6. The largest absolute Gasteiger partial charge is 0.483 e. The number of aromatic amines is 1. The van der Waals surface area contributed by atoms with Gasteiger partial charge < -0.3 is 14.8 Å². The number of hydrogen-bond acceptors (Lipinski definition) is 5. The number of ether oxygens (including phenoxy) is 1. The molecule has 1 atom stereocenters. The van der Waals surface area contributed by atoms with Crippen LogP contribution in [0.2, 0.25) is 0 Å². The summed E-state index contributed by atoms with van der Waals surface area (Å²) in [7, 11) is 3.18. The summed E-state index contributed by atoms with van der Waals surface area (Å²) in [4.78, 5) is 30.1. The van der Waals surface area contributed by atoms with Crippen molar-refractivity contribution in [2.24, 2.45) is 5.10 Å². The number of nitrogens with one attached hydrogen (secondary N) is 1. The molecule has 2 N–H and O–H groups in total. The smallest absolute Gasteiger partial charge is 0.346 e. The number of carboxylic acids is 1. The maximum absolute atomic E-state index is 13.3. The summed E-state index contributed by atoms with van der Waals surface area (Å²) < 4.78 is 5.85. The first-order chi connectivity index (χ1) is 15.6. The molecule has 0 aliphatic carbocycles. The van der Waals surface area contributed by atoms with Gasteiger partial charge in [0.1, 0.15) is 5.75 Å². The van der Waals surface area contributed by atoms with Crippen molar-refractivity contribution in [3.05, 3.63) is 64.8 Å². The molecule has 0 aliphatic heterocycles. The van der Waals surface area contributed by atoms with Gasteiger partial charge >= 0.3 is 5.97 Å². The maximum atomic E-state index is 13.3. The van der Waals surface area contributed by atoms with Crippen LogP contribution in [0.1, 0.15) is 29.2 Å². The van der Waals surface area contributed by atoms with E-state index in [1.165, 1.54) is 18.0 Å². The van der Waals surface area contributed by atoms with E-state index in [1.807, 2.05) is 63.4 Å². The average Bonchev–Trinajstić information content (AvgIpc) is 3.22. The number of aryl methyl sites for hydroxylation is 3. The molecule has 1 unspecified atom stereocenters. The quantitative estimate of drug-likeness (QED) is 0.310. The van der Waals surface area contributed by atoms with Crippen molar-refractivity contribution < 1.29 is 19.4 Å². The average molecular weight is 451 g/mol. The molecule has 0 bridgehead atoms. The fourth-order valence-corrected chi connectivity index (χ4v) is 3.82. The number of amides is 1. The first-order valence-corrected chi connectivity index (χ1v) is 10.6. The Balaban J connectivity index is 1.96. The van der Waals surface area contributed by atoms with Gasteiger partial charge in [-0.2, -0.15) is 10.1 Å². The molecule has 1 amide bonds. The Hall–Kier alpha value is -3.65. The second-order valence-corrected chi connectivity index (χ2v) is 8.47. The highest BCUT2D eigenvalue weighted by atomic mass is 16.5. The van der Waals surface area contributed by atoms with Crippen LogP contribution in [0.15, 0.2) is 47.7 Å². The summed E-state index contributed by atoms with van der Waals surface area (Å²) in [6, 6.07) is 11.5. The van der Waals surface area contributed by atoms with Gasteiger partial charge in [0.15, 0.2) is 6.61 Å². The van der Waals surface area contributed by atoms with Gasteiger partial charge in [0.25, 0.3) is 5.91 Å². The van der Waals surface area contributed by atoms with Crippen LogP contribution in [0.5, 0.6) is 5.75 Å². The van der Waals surface area contributed by atoms with Gasteiger partial charge in [-0.15, -0.1) is 0 Å². The monoisotopic (exact) mass is 450 g/mol. The fourth-order valence-electron chi connectivity index (χ4n) is 3.82. The molecule has 3 aromatic rings. The number of rotatable bonds is 8. The van der Waals surface area contributed by atoms with Crippen molar-refractivity contribution in [2.75, 3.05) is 20.7 Å². The summed E-state index contributed by atoms with van der Waals surface area (Å²) >= 11 is 0. The van der Waals surface area contributed by atoms with E-state index >= 15 is 0 Å². The third kappa shape index (κ3) is 4.75. The SMILES string of the molecule is Cc1cc(C)c(OCC(=O)N(/N=C/c2cccc3[nH]ccc23)C(C)(C(=O)O)N(C)C)c(C)c1. The highest BCUT2D eigenvalue weighted by Crippen LogP contribution is 2.26. The predicted octanol–water partition coefficient (Wildman–Crippen LogP) is 3.70. The number of likely N-dealkylation sites (N-methyl/N-ethyl adjacent to an activating group) is 1. The summed E-state index contributed by atoms with van der Waals surface area (Å²) in [6.07, 6.45) is 3.31. The van der Waals surface area contributed by atoms with Crippen LogP contribution in [0, 0.1) is 20.8 Å². The molecule has 174 valence electrons. The number of nitrogens with zero attached hydrogens (tertiary/aromatic N) is 3. The van der Waals surface area contributed by atoms with Gasteiger partial charge in [-0.3, -0.25) is 9.69 Å². The van der Waals surface area contributed by atoms with E-state index < -0.39 is 17.5 Å². The summed E-state index contributed by atoms with van der Waals surface area (Å²) in [5.41, 5.74) is 2.86. The second kappa shape index (κ2) is 9.46. The van der Waals surface area contributed by atoms with Crippen LogP contribution in [-0.2, 0) is 9.59 Å². The molecule has 1 heterocycles. The molecule has 0 fully saturated rings. The number of carbonyl (C=O) groups is 2. The Morgan fingerprint density at radius 3 is 2.42 bits per heavy atom. The van der Waals surface area contributed by atoms with Gasteiger partial charge in [0.05, 0.1) is 6.21 Å². The fraction of sp³-hybridized carbons (Fsp3) is 0.320. The van der Waals surface area contributed by atoms with E-state index in [1.54, 1.807) is 14.1 Å². The molecule has 3 rings (SSSR count). The van der Waals surface area contributed by atoms with E-state index in [9.17, 15) is 14.7 Å². The Morgan fingerprint density at radius 2 is 1.82 bits per heavy atom. The zero-order chi connectivity index (χ0) is 24.3. The molecule has 0 spiro atoms. The van der Waals surface area contributed by atoms with Crippen molar-refractivity contribution in [3.63, 3.8) is 0 Å². The Labute approximate surface area is 193 Å². The number of hydrogen-bond donors (Lipinski definition) is 2. The summed E-state index contributed by atoms with van der Waals surface area (Å²) in [6.45, 7) is 6.89. The summed E-state index contributed by atoms with van der Waals surface area (Å²) in [5, 5.41) is 16.2. The van der Waals surface area contributed by atoms with Crippen LogP contribution >= 0.6 is 0 Å². The lowest BCUT2D eigenvalue weighted by Gasteiger charge is -2.38. The van der Waals surface area contributed by atoms with Crippen molar-refractivity contribution >= 4 is 29.0 Å². The van der Waals surface area contributed by atoms with E-state index in [4.69, 9.17) is 4.74 Å². The van der Waals surface area contributed by atoms with Gasteiger partial charge in [-0.25, -0.2) is 4.79 Å². The Morgan fingerprint density at radius 1 is 1.15 bits per heavy atom. The van der Waals surface area contributed by atoms with Crippen LogP contribution < -0.4 is 4.74 Å². The van der Waals surface area contributed by atoms with Crippen LogP contribution in [0.3, 0.4) is 0 Å². The predicted molar refractivity (Wildman–Crippen MR) is 129 cm³/mol. The van der Waals surface area contributed by atoms with Gasteiger partial charge in [0, 0.05) is 22.7 Å². The number of hydrazone groups is 1. The number of aliphatic carboxylic acids is 1. The number of H-pyrrole nitrogens is 1. The third-order valence-electron chi connectivity index (χ3n) is 5.81. The number of carbonyl (C=O) groups excluding carboxylic acids is 1. The Kier molecular flexibility index (Phi) is 6.88. The minimum atomic E-state index is -1.72. The van der Waals surface area contributed by atoms with Crippen molar-refractivity contribution in [1.29, 1.82) is 0 Å². The minimum Gasteiger partial charge on any atom is -0.483 e. The van der Waals surface area contributed by atoms with Crippen LogP contribution in [0.25, 0.3) is 10.9 Å². The maximum Gasteiger partial charge on any atom is 0.346 e. The van der Waals surface area contributed by atoms with Crippen LogP contribution in [-0.4, -0.2) is 64.5 Å². The number of aromatic nitrogens is 1. The molecule has 0 aliphatic rings. The molecule has 0 radical (unpaired) electrons. The van der Waals surface area contributed by atoms with Gasteiger partial charge in [-0.1, -0.05) is 29.8 Å². The molecule has 33 heavy (non-hydrogen) atoms. The topological polar surface area (TPSA) is 98.2 Å². The zero-order valence-electron chi connectivity index (χ0n) is 19.8. The molecule has 2 aromatic carbocycles. The standard InChI is InChI=1S/C25H30N4O4/c1-16-12-17(2)23(18(3)13-16)33-15-22(30)29(25(4,24(31)32)28(5)6)27-14-19-8-7-9-21-20(19)10-11-26-21/h7-14,26H,15H2,1-6H3,(H,31,32)/b27-14+. The van der Waals surface area contributed by atoms with E-state index in [-0.39, 0.29) is 6.61 Å². The van der Waals surface area contributed by atoms with Crippen molar-refractivity contribution in [1.82, 2.24) is 14.9 Å². The van der Waals surface area contributed by atoms with E-state index in [2.05, 4.69) is 10.1 Å². The van der Waals surface area contributed by atoms with Crippen molar-refractivity contribution in [2.45, 2.75) is 33.4 Å². The summed E-state index contributed by atoms with van der Waals surface area (Å²) in [5.74, 6) is -1.18. The highest BCUT2D eigenvalue weighted by Gasteiger charge is 2.45. The Bertz CT molecular complexity index is 1190. The molecule has 0 saturated carbocycles. The molecule has 1 aromatic heterocycles.